The summed E-state index contributed by atoms with van der Waals surface area (Å²) in [5.41, 5.74) is 24.1. The number of aliphatic hydroxyl groups is 1. The number of guanidine groups is 2. The highest BCUT2D eigenvalue weighted by molar-refractivity contribution is 8.77. The van der Waals surface area contributed by atoms with Gasteiger partial charge in [0.15, 0.2) is 11.9 Å². The van der Waals surface area contributed by atoms with Gasteiger partial charge in [0.25, 0.3) is 0 Å². The molecule has 3 saturated heterocycles. The lowest BCUT2D eigenvalue weighted by molar-refractivity contribution is -0.146. The Morgan fingerprint density at radius 1 is 0.626 bits per heavy atom. The molecule has 4 heterocycles. The van der Waals surface area contributed by atoms with Crippen molar-refractivity contribution < 1.29 is 72.5 Å². The van der Waals surface area contributed by atoms with Crippen LogP contribution in [-0.2, 0) is 68.7 Å². The van der Waals surface area contributed by atoms with Gasteiger partial charge in [-0.1, -0.05) is 61.4 Å². The SMILES string of the molecule is C[C@@H]1NC(=O)[C@@H]2CSSC[C@H](NC(=O)CN)C(=O)N[C@@H](CSSC[C@@H](C(N)=O)NC(=O)[C@H](CCCNC(=N)N)NC(=O)[C@H](CC3Cc4ccccc4N3)NC1=O)C(=O)N[C@@H](CO)C(=O)N[C@@H](CC(=O)O)C(=O)N1CCCC1C(=O)N[C@@H](CCCNC(=N)N)C(=O)N2. The molecule has 0 spiro atoms. The maximum Gasteiger partial charge on any atom is 0.305 e. The summed E-state index contributed by atoms with van der Waals surface area (Å²) in [5, 5.41) is 69.4. The third kappa shape index (κ3) is 23.6. The Kier molecular flexibility index (Phi) is 29.8. The van der Waals surface area contributed by atoms with Crippen molar-refractivity contribution in [2.75, 3.05) is 61.1 Å². The fourth-order valence-electron chi connectivity index (χ4n) is 9.74. The smallest absolute Gasteiger partial charge is 0.305 e. The van der Waals surface area contributed by atoms with E-state index in [9.17, 15) is 72.5 Å². The minimum absolute atomic E-state index is 0.0108. The molecule has 0 aromatic heterocycles. The molecule has 35 nitrogen and oxygen atoms in total. The number of carbonyl (C=O) groups excluding carboxylic acids is 12. The minimum atomic E-state index is -1.94. The Bertz CT molecular complexity index is 2840. The molecule has 502 valence electrons. The van der Waals surface area contributed by atoms with Crippen LogP contribution in [0.1, 0.15) is 63.9 Å². The number of hydrogen-bond donors (Lipinski definition) is 21. The average Bonchev–Trinajstić information content (AvgIpc) is 2.00. The van der Waals surface area contributed by atoms with Crippen LogP contribution in [0.15, 0.2) is 24.3 Å². The van der Waals surface area contributed by atoms with E-state index in [1.165, 1.54) is 6.92 Å². The normalized spacial score (nSPS) is 27.4. The monoisotopic (exact) mass is 1350 g/mol. The highest BCUT2D eigenvalue weighted by Crippen LogP contribution is 2.29. The number of anilines is 1. The van der Waals surface area contributed by atoms with Gasteiger partial charge in [0, 0.05) is 54.4 Å². The Hall–Kier alpha value is -8.01. The number of carboxylic acid groups (broad SMARTS) is 1. The standard InChI is InChI=1S/C52H80N20O15S4/c1-24-41(78)66-30(16-26-15-25-7-2-3-8-27(25)62-26)44(81)64-28(9-4-12-59-51(55)56)42(79)69-33(40(54)77)20-88-90-23-36-48(85)68-32(19-73)45(82)67-31(17-39(75)76)50(87)72-14-6-11-37(72)49(86)65-29(10-5-13-60-52(57)58)43(80)70-35(46(83)61-24)22-91-89-21-34(47(84)71-36)63-38(74)18-53/h2-3,7-8,24,26,28-37,62,73H,4-6,9-23,53H2,1H3,(H2,54,77)(H,61,83)(H,63,74)(H,64,81)(H,65,86)(H,66,78)(H,67,82)(H,68,85)(H,69,79)(H,70,80)(H,71,84)(H,75,76)(H4,55,56,59)(H4,57,58,60)/t24-,26?,28-,29-,30-,31-,32-,33-,34-,35-,36-,37?/m0/s1. The van der Waals surface area contributed by atoms with Crippen LogP contribution in [0.3, 0.4) is 0 Å². The van der Waals surface area contributed by atoms with E-state index in [-0.39, 0.29) is 87.8 Å². The maximum absolute atomic E-state index is 14.6. The summed E-state index contributed by atoms with van der Waals surface area (Å²) >= 11 is 0. The van der Waals surface area contributed by atoms with Crippen LogP contribution in [0, 0.1) is 10.8 Å². The number of amides is 12. The van der Waals surface area contributed by atoms with Gasteiger partial charge in [0.2, 0.25) is 70.9 Å². The first-order chi connectivity index (χ1) is 43.3. The highest BCUT2D eigenvalue weighted by Gasteiger charge is 2.42. The van der Waals surface area contributed by atoms with Gasteiger partial charge < -0.3 is 107 Å². The molecule has 1 aromatic carbocycles. The number of para-hydroxylation sites is 1. The second-order valence-electron chi connectivity index (χ2n) is 21.5. The molecule has 2 bridgehead atoms. The van der Waals surface area contributed by atoms with Crippen molar-refractivity contribution in [2.45, 2.75) is 137 Å². The van der Waals surface area contributed by atoms with Crippen molar-refractivity contribution in [3.8, 4) is 0 Å². The zero-order valence-electron chi connectivity index (χ0n) is 49.6. The molecule has 12 atom stereocenters. The van der Waals surface area contributed by atoms with Crippen molar-refractivity contribution in [3.63, 3.8) is 0 Å². The molecule has 12 amide bonds. The first kappa shape index (κ1) is 73.7. The molecule has 1 aromatic rings. The minimum Gasteiger partial charge on any atom is -0.481 e. The van der Waals surface area contributed by atoms with Crippen LogP contribution in [0.25, 0.3) is 0 Å². The predicted molar refractivity (Wildman–Crippen MR) is 338 cm³/mol. The summed E-state index contributed by atoms with van der Waals surface area (Å²) < 4.78 is 0. The first-order valence-electron chi connectivity index (χ1n) is 28.9. The number of carbonyl (C=O) groups is 13. The Morgan fingerprint density at radius 3 is 1.75 bits per heavy atom. The maximum atomic E-state index is 14.6. The van der Waals surface area contributed by atoms with Crippen molar-refractivity contribution in [3.05, 3.63) is 29.8 Å². The Balaban J connectivity index is 1.63. The first-order valence-corrected chi connectivity index (χ1v) is 33.9. The predicted octanol–water partition coefficient (Wildman–Crippen LogP) is -7.50. The van der Waals surface area contributed by atoms with E-state index in [0.29, 0.717) is 6.42 Å². The van der Waals surface area contributed by atoms with Crippen molar-refractivity contribution in [1.29, 1.82) is 10.8 Å². The molecule has 91 heavy (non-hydrogen) atoms. The number of aliphatic hydroxyl groups excluding tert-OH is 1. The van der Waals surface area contributed by atoms with E-state index < -0.39 is 181 Å². The lowest BCUT2D eigenvalue weighted by Gasteiger charge is -2.30. The molecular weight excluding hydrogens is 1270 g/mol. The molecule has 0 saturated carbocycles. The number of hydrogen-bond acceptors (Lipinski definition) is 22. The van der Waals surface area contributed by atoms with Gasteiger partial charge in [-0.25, -0.2) is 0 Å². The molecule has 4 aliphatic rings. The van der Waals surface area contributed by atoms with Gasteiger partial charge in [0.05, 0.1) is 19.6 Å². The summed E-state index contributed by atoms with van der Waals surface area (Å²) in [6.45, 7) is -0.578. The lowest BCUT2D eigenvalue weighted by atomic mass is 10.0. The van der Waals surface area contributed by atoms with Gasteiger partial charge in [-0.3, -0.25) is 73.1 Å². The van der Waals surface area contributed by atoms with Gasteiger partial charge >= 0.3 is 5.97 Å². The third-order valence-electron chi connectivity index (χ3n) is 14.5. The Labute approximate surface area is 538 Å². The second-order valence-corrected chi connectivity index (χ2v) is 26.6. The van der Waals surface area contributed by atoms with Gasteiger partial charge in [-0.05, 0) is 69.9 Å². The number of fused-ring (bicyclic) bond motifs is 10. The summed E-state index contributed by atoms with van der Waals surface area (Å²) in [5.74, 6) is -15.9. The largest absolute Gasteiger partial charge is 0.481 e. The zero-order chi connectivity index (χ0) is 66.9. The zero-order valence-corrected chi connectivity index (χ0v) is 52.8. The third-order valence-corrected chi connectivity index (χ3v) is 19.3. The van der Waals surface area contributed by atoms with E-state index in [0.717, 1.165) is 59.3 Å². The fraction of sp³-hybridized carbons (Fsp3) is 0.596. The van der Waals surface area contributed by atoms with Crippen LogP contribution in [-0.4, -0.2) is 232 Å². The summed E-state index contributed by atoms with van der Waals surface area (Å²) in [4.78, 5) is 183. The Morgan fingerprint density at radius 2 is 1.15 bits per heavy atom. The van der Waals surface area contributed by atoms with E-state index >= 15 is 0 Å². The molecule has 25 N–H and O–H groups in total. The summed E-state index contributed by atoms with van der Waals surface area (Å²) in [7, 11) is 3.47. The molecule has 2 unspecified atom stereocenters. The highest BCUT2D eigenvalue weighted by atomic mass is 33.1. The van der Waals surface area contributed by atoms with E-state index in [4.69, 9.17) is 33.8 Å². The quantitative estimate of drug-likeness (QED) is 0.0316. The molecule has 4 aliphatic heterocycles. The van der Waals surface area contributed by atoms with Crippen molar-refractivity contribution in [2.24, 2.45) is 22.9 Å². The average molecular weight is 1350 g/mol. The van der Waals surface area contributed by atoms with Gasteiger partial charge in [0.1, 0.15) is 66.5 Å². The van der Waals surface area contributed by atoms with Crippen LogP contribution < -0.4 is 92.1 Å². The van der Waals surface area contributed by atoms with E-state index in [2.05, 4.69) is 69.1 Å². The van der Waals surface area contributed by atoms with Crippen LogP contribution >= 0.6 is 43.2 Å². The van der Waals surface area contributed by atoms with Crippen molar-refractivity contribution >= 4 is 138 Å². The summed E-state index contributed by atoms with van der Waals surface area (Å²) in [6.07, 6.45) is -0.733. The molecular formula is C52H80N20O15S4. The van der Waals surface area contributed by atoms with Crippen LogP contribution in [0.4, 0.5) is 5.69 Å². The van der Waals surface area contributed by atoms with Gasteiger partial charge in [-0.15, -0.1) is 0 Å². The van der Waals surface area contributed by atoms with Gasteiger partial charge in [-0.2, -0.15) is 0 Å². The summed E-state index contributed by atoms with van der Waals surface area (Å²) in [6, 6.07) is -10.6. The number of aliphatic carboxylic acids is 1. The fourth-order valence-corrected chi connectivity index (χ4v) is 14.4. The van der Waals surface area contributed by atoms with Crippen molar-refractivity contribution in [1.82, 2.24) is 68.7 Å². The number of rotatable bonds is 16. The molecule has 5 rings (SSSR count). The number of carboxylic acids is 1. The number of nitrogens with zero attached hydrogens (tertiary/aromatic N) is 1. The number of nitrogens with one attached hydrogen (secondary N) is 15. The number of nitrogens with two attached hydrogens (primary N) is 4. The van der Waals surface area contributed by atoms with Crippen LogP contribution in [0.5, 0.6) is 0 Å². The van der Waals surface area contributed by atoms with E-state index in [1.54, 1.807) is 6.07 Å². The second kappa shape index (κ2) is 36.7. The lowest BCUT2D eigenvalue weighted by Crippen LogP contribution is -2.61. The van der Waals surface area contributed by atoms with E-state index in [1.807, 2.05) is 18.2 Å². The topological polar surface area (TPSA) is 574 Å². The number of primary amides is 1. The molecule has 39 heteroatoms. The molecule has 3 fully saturated rings. The molecule has 0 radical (unpaired) electrons. The molecule has 0 aliphatic carbocycles. The van der Waals surface area contributed by atoms with Crippen LogP contribution in [0.2, 0.25) is 0 Å². The number of benzene rings is 1.